The summed E-state index contributed by atoms with van der Waals surface area (Å²) in [5.74, 6) is 0. The fraction of sp³-hybridized carbons (Fsp3) is 0.143. The third-order valence-corrected chi connectivity index (χ3v) is 9.20. The first-order chi connectivity index (χ1) is 9.63. The summed E-state index contributed by atoms with van der Waals surface area (Å²) in [4.78, 5) is 0. The van der Waals surface area contributed by atoms with Crippen LogP contribution in [0.4, 0.5) is 0 Å². The van der Waals surface area contributed by atoms with E-state index < -0.39 is 17.6 Å². The van der Waals surface area contributed by atoms with E-state index in [1.54, 1.807) is 0 Å². The van der Waals surface area contributed by atoms with E-state index in [-0.39, 0.29) is 0 Å². The predicted octanol–water partition coefficient (Wildman–Crippen LogP) is 1.66. The highest BCUT2D eigenvalue weighted by atomic mass is 28.4. The van der Waals surface area contributed by atoms with Crippen LogP contribution in [0, 0.1) is 0 Å². The van der Waals surface area contributed by atoms with Gasteiger partial charge in [-0.2, -0.15) is 0 Å². The lowest BCUT2D eigenvalue weighted by Gasteiger charge is -2.27. The van der Waals surface area contributed by atoms with Crippen LogP contribution in [0.3, 0.4) is 0 Å². The molecule has 0 bridgehead atoms. The molecule has 20 heavy (non-hydrogen) atoms. The van der Waals surface area contributed by atoms with Gasteiger partial charge in [-0.1, -0.05) is 65.7 Å². The quantitative estimate of drug-likeness (QED) is 0.501. The first-order valence-corrected chi connectivity index (χ1v) is 10.8. The number of hydrogen-bond donors (Lipinski definition) is 1. The normalized spacial score (nSPS) is 13.2. The maximum absolute atomic E-state index is 8.61. The van der Waals surface area contributed by atoms with Crippen LogP contribution in [0.2, 0.25) is 13.1 Å². The van der Waals surface area contributed by atoms with E-state index >= 15 is 0 Å². The second kappa shape index (κ2) is 6.93. The SMILES string of the molecule is C[Si](C)(O[SiH](OOO)c1ccccc1)c1ccccc1. The highest BCUT2D eigenvalue weighted by Crippen LogP contribution is 2.08. The fourth-order valence-corrected chi connectivity index (χ4v) is 7.08. The largest absolute Gasteiger partial charge is 0.429 e. The van der Waals surface area contributed by atoms with Crippen molar-refractivity contribution in [3.63, 3.8) is 0 Å². The molecule has 2 aromatic carbocycles. The summed E-state index contributed by atoms with van der Waals surface area (Å²) in [5, 5.41) is 14.6. The molecule has 0 aliphatic heterocycles. The maximum Gasteiger partial charge on any atom is 0.386 e. The smallest absolute Gasteiger partial charge is 0.386 e. The van der Waals surface area contributed by atoms with Crippen molar-refractivity contribution < 1.29 is 19.0 Å². The van der Waals surface area contributed by atoms with Gasteiger partial charge in [-0.25, -0.2) is 9.83 Å². The molecule has 0 fully saturated rings. The van der Waals surface area contributed by atoms with Gasteiger partial charge in [-0.15, -0.1) is 0 Å². The molecule has 2 aromatic rings. The predicted molar refractivity (Wildman–Crippen MR) is 82.7 cm³/mol. The van der Waals surface area contributed by atoms with Crippen molar-refractivity contribution in [3.8, 4) is 0 Å². The van der Waals surface area contributed by atoms with Crippen LogP contribution in [0.25, 0.3) is 0 Å². The van der Waals surface area contributed by atoms with Crippen molar-refractivity contribution in [2.45, 2.75) is 13.1 Å². The number of benzene rings is 2. The molecule has 0 aliphatic rings. The minimum Gasteiger partial charge on any atom is -0.429 e. The van der Waals surface area contributed by atoms with Crippen LogP contribution in [0.1, 0.15) is 0 Å². The van der Waals surface area contributed by atoms with Crippen molar-refractivity contribution in [3.05, 3.63) is 60.7 Å². The standard InChI is InChI=1S/C14H18O4Si2/c1-20(2,14-11-7-4-8-12-14)18-19(17-16-15)13-9-5-3-6-10-13/h3-12,15,19H,1-2H3. The zero-order valence-corrected chi connectivity index (χ0v) is 13.7. The molecular weight excluding hydrogens is 288 g/mol. The molecule has 4 nitrogen and oxygen atoms in total. The topological polar surface area (TPSA) is 47.9 Å². The van der Waals surface area contributed by atoms with Gasteiger partial charge in [-0.3, -0.25) is 0 Å². The maximum atomic E-state index is 8.61. The van der Waals surface area contributed by atoms with Crippen LogP contribution in [0.5, 0.6) is 0 Å². The highest BCUT2D eigenvalue weighted by molar-refractivity contribution is 6.89. The minimum absolute atomic E-state index is 0.929. The molecule has 0 aromatic heterocycles. The third kappa shape index (κ3) is 3.86. The van der Waals surface area contributed by atoms with Gasteiger partial charge in [0.15, 0.2) is 0 Å². The molecular formula is C14H18O4Si2. The Balaban J connectivity index is 2.20. The van der Waals surface area contributed by atoms with Crippen molar-refractivity contribution in [1.82, 2.24) is 0 Å². The van der Waals surface area contributed by atoms with E-state index in [0.29, 0.717) is 0 Å². The van der Waals surface area contributed by atoms with Gasteiger partial charge in [0, 0.05) is 0 Å². The molecule has 0 heterocycles. The monoisotopic (exact) mass is 306 g/mol. The molecule has 0 amide bonds. The molecule has 1 unspecified atom stereocenters. The summed E-state index contributed by atoms with van der Waals surface area (Å²) in [5.41, 5.74) is 0. The van der Waals surface area contributed by atoms with Crippen LogP contribution in [0.15, 0.2) is 60.7 Å². The molecule has 0 saturated carbocycles. The van der Waals surface area contributed by atoms with Crippen LogP contribution >= 0.6 is 0 Å². The molecule has 1 N–H and O–H groups in total. The summed E-state index contributed by atoms with van der Waals surface area (Å²) in [6, 6.07) is 19.7. The lowest BCUT2D eigenvalue weighted by atomic mass is 10.4. The van der Waals surface area contributed by atoms with Gasteiger partial charge in [0.25, 0.3) is 0 Å². The van der Waals surface area contributed by atoms with Crippen molar-refractivity contribution in [2.75, 3.05) is 0 Å². The average Bonchev–Trinajstić information content (AvgIpc) is 2.48. The number of rotatable bonds is 6. The Hall–Kier alpha value is -1.29. The Morgan fingerprint density at radius 2 is 1.45 bits per heavy atom. The Kier molecular flexibility index (Phi) is 5.24. The van der Waals surface area contributed by atoms with Gasteiger partial charge >= 0.3 is 9.28 Å². The van der Waals surface area contributed by atoms with Gasteiger partial charge in [0.1, 0.15) is 0 Å². The van der Waals surface area contributed by atoms with Crippen molar-refractivity contribution in [2.24, 2.45) is 0 Å². The minimum atomic E-state index is -2.30. The Morgan fingerprint density at radius 3 is 2.00 bits per heavy atom. The molecule has 6 heteroatoms. The summed E-state index contributed by atoms with van der Waals surface area (Å²) in [7, 11) is -4.41. The molecule has 0 saturated heterocycles. The van der Waals surface area contributed by atoms with Crippen LogP contribution < -0.4 is 10.4 Å². The van der Waals surface area contributed by atoms with Crippen LogP contribution in [-0.2, 0) is 13.7 Å². The second-order valence-electron chi connectivity index (χ2n) is 4.91. The Labute approximate surface area is 121 Å². The van der Waals surface area contributed by atoms with E-state index in [2.05, 4.69) is 30.3 Å². The highest BCUT2D eigenvalue weighted by Gasteiger charge is 2.32. The van der Waals surface area contributed by atoms with Crippen molar-refractivity contribution in [1.29, 1.82) is 0 Å². The molecule has 2 rings (SSSR count). The lowest BCUT2D eigenvalue weighted by molar-refractivity contribution is -0.447. The van der Waals surface area contributed by atoms with E-state index in [4.69, 9.17) is 13.9 Å². The zero-order chi connectivity index (χ0) is 14.4. The Morgan fingerprint density at radius 1 is 0.900 bits per heavy atom. The molecule has 0 aliphatic carbocycles. The summed E-state index contributed by atoms with van der Waals surface area (Å²) in [6.07, 6.45) is 0. The fourth-order valence-electron chi connectivity index (χ4n) is 1.97. The van der Waals surface area contributed by atoms with Gasteiger partial charge in [0.05, 0.1) is 0 Å². The Bertz CT molecular complexity index is 519. The zero-order valence-electron chi connectivity index (χ0n) is 11.5. The average molecular weight is 306 g/mol. The van der Waals surface area contributed by atoms with Crippen molar-refractivity contribution >= 4 is 28.0 Å². The van der Waals surface area contributed by atoms with E-state index in [1.165, 1.54) is 5.19 Å². The van der Waals surface area contributed by atoms with Gasteiger partial charge in [-0.05, 0) is 23.5 Å². The number of hydrogen-bond acceptors (Lipinski definition) is 4. The third-order valence-electron chi connectivity index (χ3n) is 3.07. The van der Waals surface area contributed by atoms with E-state index in [1.807, 2.05) is 48.5 Å². The lowest BCUT2D eigenvalue weighted by Crippen LogP contribution is -2.53. The first-order valence-electron chi connectivity index (χ1n) is 6.38. The first kappa shape index (κ1) is 15.1. The van der Waals surface area contributed by atoms with E-state index in [0.717, 1.165) is 5.19 Å². The summed E-state index contributed by atoms with van der Waals surface area (Å²) in [6.45, 7) is 4.21. The van der Waals surface area contributed by atoms with E-state index in [9.17, 15) is 0 Å². The molecule has 106 valence electrons. The summed E-state index contributed by atoms with van der Waals surface area (Å²) < 4.78 is 11.2. The summed E-state index contributed by atoms with van der Waals surface area (Å²) >= 11 is 0. The van der Waals surface area contributed by atoms with Crippen LogP contribution in [-0.4, -0.2) is 22.9 Å². The molecule has 1 atom stereocenters. The second-order valence-corrected chi connectivity index (χ2v) is 11.0. The van der Waals surface area contributed by atoms with Gasteiger partial charge in [0.2, 0.25) is 8.32 Å². The molecule has 0 spiro atoms. The van der Waals surface area contributed by atoms with Gasteiger partial charge < -0.3 is 4.12 Å². The molecule has 0 radical (unpaired) electrons.